The third-order valence-corrected chi connectivity index (χ3v) is 4.79. The first kappa shape index (κ1) is 12.5. The van der Waals surface area contributed by atoms with Crippen LogP contribution in [-0.2, 0) is 16.9 Å². The number of hydrogen-bond donors (Lipinski definition) is 0. The Morgan fingerprint density at radius 3 is 2.85 bits per heavy atom. The summed E-state index contributed by atoms with van der Waals surface area (Å²) in [5.74, 6) is 1.78. The monoisotopic (exact) mass is 275 g/mol. The molecule has 1 spiro atoms. The maximum atomic E-state index is 6.23. The number of hydrogen-bond acceptors (Lipinski definition) is 4. The second-order valence-electron chi connectivity index (χ2n) is 6.24. The molecule has 1 aromatic carbocycles. The normalized spacial score (nSPS) is 27.6. The maximum Gasteiger partial charge on any atom is 0.167 e. The molecule has 3 aliphatic rings. The van der Waals surface area contributed by atoms with Crippen molar-refractivity contribution in [1.29, 1.82) is 0 Å². The summed E-state index contributed by atoms with van der Waals surface area (Å²) in [6.45, 7) is 5.49. The van der Waals surface area contributed by atoms with Gasteiger partial charge in [0.15, 0.2) is 11.5 Å². The Labute approximate surface area is 119 Å². The molecule has 20 heavy (non-hydrogen) atoms. The summed E-state index contributed by atoms with van der Waals surface area (Å²) in [4.78, 5) is 2.37. The number of likely N-dealkylation sites (tertiary alicyclic amines) is 1. The Balaban J connectivity index is 1.73. The van der Waals surface area contributed by atoms with E-state index in [2.05, 4.69) is 24.1 Å². The number of fused-ring (bicyclic) bond motifs is 4. The van der Waals surface area contributed by atoms with Gasteiger partial charge >= 0.3 is 0 Å². The fraction of sp³-hybridized carbons (Fsp3) is 0.625. The largest absolute Gasteiger partial charge is 0.485 e. The lowest BCUT2D eigenvalue weighted by molar-refractivity contribution is -0.0757. The molecule has 108 valence electrons. The lowest BCUT2D eigenvalue weighted by atomic mass is 9.83. The molecule has 0 amide bonds. The molecule has 0 N–H and O–H groups in total. The first-order valence-electron chi connectivity index (χ1n) is 7.46. The van der Waals surface area contributed by atoms with E-state index in [0.717, 1.165) is 37.4 Å². The molecule has 0 radical (unpaired) electrons. The Kier molecular flexibility index (Phi) is 2.72. The minimum atomic E-state index is -0.0940. The van der Waals surface area contributed by atoms with Crippen molar-refractivity contribution in [2.24, 2.45) is 0 Å². The molecule has 4 rings (SSSR count). The molecule has 3 aliphatic heterocycles. The average molecular weight is 275 g/mol. The summed E-state index contributed by atoms with van der Waals surface area (Å²) in [5, 5.41) is 0. The third kappa shape index (κ3) is 1.75. The van der Waals surface area contributed by atoms with Crippen LogP contribution in [0.4, 0.5) is 0 Å². The Hall–Kier alpha value is -1.26. The molecule has 3 heterocycles. The molecule has 0 saturated carbocycles. The Morgan fingerprint density at radius 2 is 2.05 bits per heavy atom. The molecular formula is C16H21NO3. The van der Waals surface area contributed by atoms with Crippen molar-refractivity contribution in [3.63, 3.8) is 0 Å². The van der Waals surface area contributed by atoms with Gasteiger partial charge in [0.05, 0.1) is 12.2 Å². The lowest BCUT2D eigenvalue weighted by Gasteiger charge is -2.38. The summed E-state index contributed by atoms with van der Waals surface area (Å²) in [7, 11) is 2.17. The SMILES string of the molecule is CC1COc2c(ccc3c2COC32CCN(C)CC2)O1. The molecule has 1 aromatic rings. The molecule has 1 fully saturated rings. The Morgan fingerprint density at radius 1 is 1.25 bits per heavy atom. The number of rotatable bonds is 0. The van der Waals surface area contributed by atoms with Gasteiger partial charge in [-0.1, -0.05) is 6.07 Å². The van der Waals surface area contributed by atoms with Crippen LogP contribution in [0.1, 0.15) is 30.9 Å². The zero-order chi connectivity index (χ0) is 13.7. The smallest absolute Gasteiger partial charge is 0.167 e. The van der Waals surface area contributed by atoms with E-state index in [1.807, 2.05) is 6.92 Å². The molecule has 4 heteroatoms. The van der Waals surface area contributed by atoms with Crippen molar-refractivity contribution in [2.45, 2.75) is 38.1 Å². The van der Waals surface area contributed by atoms with Crippen LogP contribution in [0.2, 0.25) is 0 Å². The molecule has 1 saturated heterocycles. The molecule has 0 bridgehead atoms. The minimum absolute atomic E-state index is 0.0940. The molecule has 1 unspecified atom stereocenters. The van der Waals surface area contributed by atoms with Crippen molar-refractivity contribution in [3.8, 4) is 11.5 Å². The second-order valence-corrected chi connectivity index (χ2v) is 6.24. The van der Waals surface area contributed by atoms with Crippen molar-refractivity contribution >= 4 is 0 Å². The van der Waals surface area contributed by atoms with Gasteiger partial charge in [0.2, 0.25) is 0 Å². The van der Waals surface area contributed by atoms with Crippen molar-refractivity contribution in [3.05, 3.63) is 23.3 Å². The van der Waals surface area contributed by atoms with Gasteiger partial charge in [-0.2, -0.15) is 0 Å². The van der Waals surface area contributed by atoms with Crippen molar-refractivity contribution < 1.29 is 14.2 Å². The summed E-state index contributed by atoms with van der Waals surface area (Å²) < 4.78 is 18.0. The van der Waals surface area contributed by atoms with E-state index >= 15 is 0 Å². The van der Waals surface area contributed by atoms with E-state index in [1.165, 1.54) is 11.1 Å². The zero-order valence-corrected chi connectivity index (χ0v) is 12.1. The van der Waals surface area contributed by atoms with Gasteiger partial charge in [0.25, 0.3) is 0 Å². The number of benzene rings is 1. The van der Waals surface area contributed by atoms with Gasteiger partial charge < -0.3 is 19.1 Å². The van der Waals surface area contributed by atoms with E-state index in [9.17, 15) is 0 Å². The summed E-state index contributed by atoms with van der Waals surface area (Å²) in [6, 6.07) is 4.24. The molecule has 1 atom stereocenters. The van der Waals surface area contributed by atoms with Crippen LogP contribution in [-0.4, -0.2) is 37.7 Å². The van der Waals surface area contributed by atoms with Gasteiger partial charge in [0, 0.05) is 18.7 Å². The highest BCUT2D eigenvalue weighted by atomic mass is 16.6. The van der Waals surface area contributed by atoms with Crippen LogP contribution in [0.3, 0.4) is 0 Å². The highest BCUT2D eigenvalue weighted by Gasteiger charge is 2.44. The van der Waals surface area contributed by atoms with E-state index in [4.69, 9.17) is 14.2 Å². The summed E-state index contributed by atoms with van der Waals surface area (Å²) >= 11 is 0. The highest BCUT2D eigenvalue weighted by molar-refractivity contribution is 5.54. The molecular weight excluding hydrogens is 254 g/mol. The van der Waals surface area contributed by atoms with Gasteiger partial charge in [-0.3, -0.25) is 0 Å². The van der Waals surface area contributed by atoms with Gasteiger partial charge in [-0.25, -0.2) is 0 Å². The fourth-order valence-electron chi connectivity index (χ4n) is 3.56. The molecule has 0 aliphatic carbocycles. The topological polar surface area (TPSA) is 30.9 Å². The first-order chi connectivity index (χ1) is 9.68. The van der Waals surface area contributed by atoms with Gasteiger partial charge in [-0.15, -0.1) is 0 Å². The van der Waals surface area contributed by atoms with Gasteiger partial charge in [0.1, 0.15) is 12.7 Å². The number of piperidine rings is 1. The van der Waals surface area contributed by atoms with E-state index in [0.29, 0.717) is 13.2 Å². The predicted octanol–water partition coefficient (Wildman–Crippen LogP) is 2.30. The van der Waals surface area contributed by atoms with Gasteiger partial charge in [-0.05, 0) is 38.4 Å². The zero-order valence-electron chi connectivity index (χ0n) is 12.1. The quantitative estimate of drug-likeness (QED) is 0.727. The standard InChI is InChI=1S/C16H21NO3/c1-11-9-18-15-12-10-19-16(5-7-17(2)8-6-16)13(12)3-4-14(15)20-11/h3-4,11H,5-10H2,1-2H3. The third-order valence-electron chi connectivity index (χ3n) is 4.79. The molecule has 4 nitrogen and oxygen atoms in total. The number of nitrogens with zero attached hydrogens (tertiary/aromatic N) is 1. The average Bonchev–Trinajstić information content (AvgIpc) is 2.81. The fourth-order valence-corrected chi connectivity index (χ4v) is 3.56. The van der Waals surface area contributed by atoms with Crippen molar-refractivity contribution in [2.75, 3.05) is 26.7 Å². The van der Waals surface area contributed by atoms with Crippen molar-refractivity contribution in [1.82, 2.24) is 4.90 Å². The predicted molar refractivity (Wildman–Crippen MR) is 75.2 cm³/mol. The van der Waals surface area contributed by atoms with E-state index in [1.54, 1.807) is 0 Å². The lowest BCUT2D eigenvalue weighted by Crippen LogP contribution is -2.40. The minimum Gasteiger partial charge on any atom is -0.485 e. The summed E-state index contributed by atoms with van der Waals surface area (Å²) in [6.07, 6.45) is 2.25. The maximum absolute atomic E-state index is 6.23. The Bertz CT molecular complexity index is 535. The molecule has 0 aromatic heterocycles. The van der Waals surface area contributed by atoms with Crippen LogP contribution >= 0.6 is 0 Å². The van der Waals surface area contributed by atoms with Crippen LogP contribution in [0.5, 0.6) is 11.5 Å². The number of ether oxygens (including phenoxy) is 3. The van der Waals surface area contributed by atoms with Crippen LogP contribution in [0, 0.1) is 0 Å². The second kappa shape index (κ2) is 4.37. The first-order valence-corrected chi connectivity index (χ1v) is 7.46. The van der Waals surface area contributed by atoms with Crippen LogP contribution < -0.4 is 9.47 Å². The summed E-state index contributed by atoms with van der Waals surface area (Å²) in [5.41, 5.74) is 2.44. The van der Waals surface area contributed by atoms with Crippen LogP contribution in [0.25, 0.3) is 0 Å². The van der Waals surface area contributed by atoms with E-state index < -0.39 is 0 Å². The highest BCUT2D eigenvalue weighted by Crippen LogP contribution is 2.50. The van der Waals surface area contributed by atoms with E-state index in [-0.39, 0.29) is 11.7 Å². The van der Waals surface area contributed by atoms with Crippen LogP contribution in [0.15, 0.2) is 12.1 Å².